The third kappa shape index (κ3) is 5.85. The number of nitrogen functional groups attached to an aromatic ring is 1. The summed E-state index contributed by atoms with van der Waals surface area (Å²) >= 11 is 3.67. The molecule has 0 radical (unpaired) electrons. The van der Waals surface area contributed by atoms with Gasteiger partial charge >= 0.3 is 0 Å². The lowest BCUT2D eigenvalue weighted by Crippen LogP contribution is -2.34. The van der Waals surface area contributed by atoms with Crippen molar-refractivity contribution in [3.63, 3.8) is 0 Å². The quantitative estimate of drug-likeness (QED) is 0.231. The van der Waals surface area contributed by atoms with Crippen LogP contribution in [0.3, 0.4) is 0 Å². The molecule has 1 aliphatic heterocycles. The van der Waals surface area contributed by atoms with Crippen LogP contribution in [0, 0.1) is 0 Å². The molecule has 1 fully saturated rings. The highest BCUT2D eigenvalue weighted by atomic mass is 32.5. The summed E-state index contributed by atoms with van der Waals surface area (Å²) in [6, 6.07) is 0. The fourth-order valence-electron chi connectivity index (χ4n) is 2.67. The van der Waals surface area contributed by atoms with Crippen molar-refractivity contribution in [2.45, 2.75) is 24.5 Å². The van der Waals surface area contributed by atoms with E-state index in [1.807, 2.05) is 0 Å². The van der Waals surface area contributed by atoms with Gasteiger partial charge in [-0.15, -0.1) is 11.8 Å². The number of rotatable bonds is 8. The first-order chi connectivity index (χ1) is 14.6. The molecule has 2 unspecified atom stereocenters. The zero-order valence-electron chi connectivity index (χ0n) is 15.1. The largest absolute Gasteiger partial charge is 0.812 e. The molecule has 1 saturated heterocycles. The third-order valence-corrected chi connectivity index (χ3v) is 8.12. The molecule has 0 aliphatic carbocycles. The fraction of sp³-hybridized carbons (Fsp3) is 0.500. The van der Waals surface area contributed by atoms with E-state index in [-0.39, 0.29) is 17.1 Å². The molecule has 2 aromatic rings. The van der Waals surface area contributed by atoms with E-state index in [4.69, 9.17) is 10.5 Å². The van der Waals surface area contributed by atoms with Gasteiger partial charge in [-0.25, -0.2) is 9.29 Å². The van der Waals surface area contributed by atoms with E-state index in [1.165, 1.54) is 0 Å². The first-order valence-corrected chi connectivity index (χ1v) is 13.5. The Morgan fingerprint density at radius 2 is 1.88 bits per heavy atom. The summed E-state index contributed by atoms with van der Waals surface area (Å²) in [4.78, 5) is 66.0. The standard InChI is InChI=1S/C10H16N5O13P3S/c11-10-13-7-4(8(18)14-10)12-2-15(7)9-6(17)5(16)3(26-9)1-25-29(19,20)27-30(21,22)28-31(23,24)32/h2-3,5-6,9,16-17H,1H2,(H,19,20)(H,21,22)(H2,23,24,32)(H3,11,13,14,18)/p-4/t3-,5-,6-,9-/m1/s1. The van der Waals surface area contributed by atoms with Gasteiger partial charge in [-0.05, 0) is 0 Å². The fourth-order valence-corrected chi connectivity index (χ4v) is 6.27. The van der Waals surface area contributed by atoms with Crippen LogP contribution >= 0.6 is 22.4 Å². The molecule has 0 spiro atoms. The Balaban J connectivity index is 1.72. The van der Waals surface area contributed by atoms with Crippen LogP contribution in [0.4, 0.5) is 5.95 Å². The first-order valence-electron chi connectivity index (χ1n) is 8.04. The number of H-pyrrole nitrogens is 1. The SMILES string of the molecule is Nc1nc2c(ncn2[C@@H]2O[C@H](COP(=O)([O-])OP(=O)([O-])OP([O-])([O-])=S)[C@@H](O)[C@H]2O)c(=O)[nH]1. The summed E-state index contributed by atoms with van der Waals surface area (Å²) in [5.74, 6) is -0.285. The number of ether oxygens (including phenoxy) is 1. The van der Waals surface area contributed by atoms with E-state index in [1.54, 1.807) is 0 Å². The molecule has 5 N–H and O–H groups in total. The number of nitrogens with two attached hydrogens (primary N) is 1. The second kappa shape index (κ2) is 8.90. The molecule has 0 bridgehead atoms. The number of phosphoric acid groups is 2. The predicted molar refractivity (Wildman–Crippen MR) is 96.1 cm³/mol. The van der Waals surface area contributed by atoms with Crippen LogP contribution < -0.4 is 30.9 Å². The zero-order chi connectivity index (χ0) is 24.1. The Morgan fingerprint density at radius 3 is 2.50 bits per heavy atom. The molecular weight excluding hydrogens is 523 g/mol. The number of aliphatic hydroxyl groups is 2. The highest BCUT2D eigenvalue weighted by molar-refractivity contribution is 8.06. The molecule has 0 aromatic carbocycles. The topological polar surface area (TPSA) is 293 Å². The van der Waals surface area contributed by atoms with Gasteiger partial charge < -0.3 is 49.1 Å². The number of hydrogen-bond donors (Lipinski definition) is 4. The number of aromatic nitrogens is 4. The van der Waals surface area contributed by atoms with Crippen molar-refractivity contribution in [2.75, 3.05) is 12.3 Å². The maximum Gasteiger partial charge on any atom is 0.280 e. The van der Waals surface area contributed by atoms with E-state index < -0.39 is 59.1 Å². The van der Waals surface area contributed by atoms with E-state index in [0.29, 0.717) is 0 Å². The highest BCUT2D eigenvalue weighted by Gasteiger charge is 2.45. The molecule has 3 rings (SSSR count). The Kier molecular flexibility index (Phi) is 7.09. The maximum absolute atomic E-state index is 11.8. The number of anilines is 1. The predicted octanol–water partition coefficient (Wildman–Crippen LogP) is -4.75. The van der Waals surface area contributed by atoms with Gasteiger partial charge in [0.15, 0.2) is 17.4 Å². The van der Waals surface area contributed by atoms with E-state index in [9.17, 15) is 43.7 Å². The molecule has 22 heteroatoms. The molecule has 3 heterocycles. The summed E-state index contributed by atoms with van der Waals surface area (Å²) in [5, 5.41) is 20.4. The lowest BCUT2D eigenvalue weighted by atomic mass is 10.1. The van der Waals surface area contributed by atoms with Crippen molar-refractivity contribution >= 4 is 51.3 Å². The van der Waals surface area contributed by atoms with Crippen molar-refractivity contribution in [1.82, 2.24) is 19.5 Å². The first kappa shape index (κ1) is 25.5. The minimum atomic E-state index is -5.96. The van der Waals surface area contributed by atoms with Crippen LogP contribution in [0.1, 0.15) is 6.23 Å². The van der Waals surface area contributed by atoms with Crippen LogP contribution in [0.25, 0.3) is 11.2 Å². The van der Waals surface area contributed by atoms with Gasteiger partial charge in [0.2, 0.25) is 5.95 Å². The molecule has 0 amide bonds. The van der Waals surface area contributed by atoms with Crippen molar-refractivity contribution in [2.24, 2.45) is 0 Å². The molecule has 18 nitrogen and oxygen atoms in total. The van der Waals surface area contributed by atoms with Crippen LogP contribution in [-0.2, 0) is 38.8 Å². The number of hydrogen-bond acceptors (Lipinski definition) is 17. The van der Waals surface area contributed by atoms with Crippen LogP contribution in [0.15, 0.2) is 11.1 Å². The molecule has 2 aromatic heterocycles. The summed E-state index contributed by atoms with van der Waals surface area (Å²) in [6.45, 7) is -6.41. The zero-order valence-corrected chi connectivity index (χ0v) is 18.6. The molecule has 0 saturated carbocycles. The Hall–Kier alpha value is -1.14. The monoisotopic (exact) mass is 535 g/mol. The van der Waals surface area contributed by atoms with E-state index in [2.05, 4.69) is 39.9 Å². The van der Waals surface area contributed by atoms with Crippen LogP contribution in [0.2, 0.25) is 0 Å². The number of imidazole rings is 1. The number of aromatic amines is 1. The van der Waals surface area contributed by atoms with Crippen molar-refractivity contribution < 1.29 is 56.8 Å². The number of nitrogens with zero attached hydrogens (tertiary/aromatic N) is 3. The maximum atomic E-state index is 11.8. The smallest absolute Gasteiger partial charge is 0.280 e. The summed E-state index contributed by atoms with van der Waals surface area (Å²) in [5.41, 5.74) is 4.46. The van der Waals surface area contributed by atoms with Crippen molar-refractivity contribution in [3.05, 3.63) is 16.7 Å². The van der Waals surface area contributed by atoms with Crippen molar-refractivity contribution in [1.29, 1.82) is 0 Å². The second-order valence-corrected chi connectivity index (χ2v) is 11.7. The Labute approximate surface area is 181 Å². The molecule has 1 aliphatic rings. The summed E-state index contributed by atoms with van der Waals surface area (Å²) < 4.78 is 40.5. The normalized spacial score (nSPS) is 27.9. The average molecular weight is 535 g/mol. The highest BCUT2D eigenvalue weighted by Crippen LogP contribution is 2.60. The molecule has 6 atom stereocenters. The Morgan fingerprint density at radius 1 is 1.22 bits per heavy atom. The van der Waals surface area contributed by atoms with Gasteiger partial charge in [-0.1, -0.05) is 6.72 Å². The van der Waals surface area contributed by atoms with E-state index in [0.717, 1.165) is 10.9 Å². The van der Waals surface area contributed by atoms with E-state index >= 15 is 0 Å². The van der Waals surface area contributed by atoms with Gasteiger partial charge in [-0.2, -0.15) is 4.98 Å². The number of aliphatic hydroxyl groups excluding tert-OH is 2. The van der Waals surface area contributed by atoms with Crippen molar-refractivity contribution in [3.8, 4) is 0 Å². The lowest BCUT2D eigenvalue weighted by Gasteiger charge is -2.40. The third-order valence-electron chi connectivity index (χ3n) is 3.86. The number of nitrogens with one attached hydrogen (secondary N) is 1. The Bertz CT molecular complexity index is 1210. The minimum absolute atomic E-state index is 0.128. The van der Waals surface area contributed by atoms with Gasteiger partial charge in [0, 0.05) is 0 Å². The average Bonchev–Trinajstić information content (AvgIpc) is 3.12. The van der Waals surface area contributed by atoms with Gasteiger partial charge in [-0.3, -0.25) is 23.5 Å². The van der Waals surface area contributed by atoms with Crippen LogP contribution in [-0.4, -0.2) is 54.7 Å². The molecule has 32 heavy (non-hydrogen) atoms. The minimum Gasteiger partial charge on any atom is -0.812 e. The van der Waals surface area contributed by atoms with Gasteiger partial charge in [0.1, 0.15) is 18.3 Å². The lowest BCUT2D eigenvalue weighted by molar-refractivity contribution is -0.320. The van der Waals surface area contributed by atoms with Crippen LogP contribution in [0.5, 0.6) is 0 Å². The molecule has 180 valence electrons. The van der Waals surface area contributed by atoms with Gasteiger partial charge in [0.05, 0.1) is 12.9 Å². The summed E-state index contributed by atoms with van der Waals surface area (Å²) in [6.07, 6.45) is -5.46. The summed E-state index contributed by atoms with van der Waals surface area (Å²) in [7, 11) is -11.7. The number of phosphoric ester groups is 1. The molecular formula is C10H12N5O13P3S-4. The van der Waals surface area contributed by atoms with Gasteiger partial charge in [0.25, 0.3) is 21.2 Å². The number of fused-ring (bicyclic) bond motifs is 1. The second-order valence-electron chi connectivity index (χ2n) is 6.12.